The summed E-state index contributed by atoms with van der Waals surface area (Å²) in [5.74, 6) is 1.33. The summed E-state index contributed by atoms with van der Waals surface area (Å²) in [6, 6.07) is 8.50. The fourth-order valence-corrected chi connectivity index (χ4v) is 6.00. The first-order chi connectivity index (χ1) is 18.0. The van der Waals surface area contributed by atoms with Crippen molar-refractivity contribution >= 4 is 33.5 Å². The number of ether oxygens (including phenoxy) is 1. The smallest absolute Gasteiger partial charge is 0.350 e. The highest BCUT2D eigenvalue weighted by molar-refractivity contribution is 6.03. The molecule has 2 aliphatic heterocycles. The lowest BCUT2D eigenvalue weighted by Gasteiger charge is -2.43. The Morgan fingerprint density at radius 3 is 2.86 bits per heavy atom. The van der Waals surface area contributed by atoms with E-state index >= 15 is 0 Å². The molecule has 4 aromatic rings. The molecule has 0 bridgehead atoms. The number of H-pyrrole nitrogens is 1. The minimum absolute atomic E-state index is 0.0132. The largest absolute Gasteiger partial charge is 0.493 e. The molecule has 0 spiro atoms. The summed E-state index contributed by atoms with van der Waals surface area (Å²) < 4.78 is 8.29. The summed E-state index contributed by atoms with van der Waals surface area (Å²) in [4.78, 5) is 34.5. The molecular formula is C28H28N6O3. The predicted molar refractivity (Wildman–Crippen MR) is 142 cm³/mol. The molecule has 1 saturated heterocycles. The Bertz CT molecular complexity index is 1650. The number of hydrogen-bond donors (Lipinski definition) is 1. The summed E-state index contributed by atoms with van der Waals surface area (Å²) in [6.07, 6.45) is 5.87. The highest BCUT2D eigenvalue weighted by Crippen LogP contribution is 2.44. The molecule has 4 heterocycles. The van der Waals surface area contributed by atoms with Gasteiger partial charge in [0.05, 0.1) is 35.3 Å². The Morgan fingerprint density at radius 1 is 1.19 bits per heavy atom. The van der Waals surface area contributed by atoms with Gasteiger partial charge in [-0.2, -0.15) is 10.1 Å². The molecule has 1 amide bonds. The lowest BCUT2D eigenvalue weighted by Crippen LogP contribution is -2.56. The van der Waals surface area contributed by atoms with Crippen LogP contribution in [0, 0.1) is 6.92 Å². The van der Waals surface area contributed by atoms with Crippen LogP contribution in [0.5, 0.6) is 5.75 Å². The van der Waals surface area contributed by atoms with Crippen LogP contribution in [0.2, 0.25) is 0 Å². The number of aryl methyl sites for hydroxylation is 1. The van der Waals surface area contributed by atoms with Crippen LogP contribution in [0.25, 0.3) is 32.9 Å². The zero-order chi connectivity index (χ0) is 25.3. The van der Waals surface area contributed by atoms with Crippen molar-refractivity contribution in [2.45, 2.75) is 38.3 Å². The maximum atomic E-state index is 13.5. The molecule has 9 nitrogen and oxygen atoms in total. The highest BCUT2D eigenvalue weighted by Gasteiger charge is 2.35. The van der Waals surface area contributed by atoms with Gasteiger partial charge in [0.2, 0.25) is 5.91 Å². The summed E-state index contributed by atoms with van der Waals surface area (Å²) in [5.41, 5.74) is 4.80. The topological polar surface area (TPSA) is 96.4 Å². The average molecular weight is 497 g/mol. The van der Waals surface area contributed by atoms with E-state index in [0.29, 0.717) is 32.1 Å². The lowest BCUT2D eigenvalue weighted by molar-refractivity contribution is -0.126. The fourth-order valence-electron chi connectivity index (χ4n) is 6.00. The summed E-state index contributed by atoms with van der Waals surface area (Å²) in [6.45, 7) is 7.96. The number of benzene rings is 2. The third-order valence-corrected chi connectivity index (χ3v) is 7.96. The Hall–Kier alpha value is -4.14. The Balaban J connectivity index is 1.47. The third-order valence-electron chi connectivity index (χ3n) is 7.96. The van der Waals surface area contributed by atoms with Crippen LogP contribution in [-0.4, -0.2) is 62.8 Å². The second kappa shape index (κ2) is 8.19. The van der Waals surface area contributed by atoms with Crippen LogP contribution in [0.1, 0.15) is 30.9 Å². The number of aromatic nitrogens is 4. The standard InChI is InChI=1S/C28H28N6O3/c1-3-24(35)32-9-10-33-19(15-32)8-11-37-23-13-17(25-16(2)4-7-21-20(25)14-29-31-21)12-22-26(23)27(33)30-28(36)34(22)18-5-6-18/h3-4,7,12-14,18-19H,1,5-6,8-11,15H2,2H3,(H,29,31). The van der Waals surface area contributed by atoms with Crippen molar-refractivity contribution in [1.82, 2.24) is 24.6 Å². The average Bonchev–Trinajstić information content (AvgIpc) is 3.61. The van der Waals surface area contributed by atoms with Gasteiger partial charge in [0.1, 0.15) is 11.6 Å². The van der Waals surface area contributed by atoms with Gasteiger partial charge in [-0.3, -0.25) is 14.5 Å². The molecule has 0 radical (unpaired) electrons. The number of amides is 1. The van der Waals surface area contributed by atoms with Crippen molar-refractivity contribution in [1.29, 1.82) is 0 Å². The molecule has 2 fully saturated rings. The van der Waals surface area contributed by atoms with E-state index in [1.807, 2.05) is 21.7 Å². The number of aromatic amines is 1. The second-order valence-corrected chi connectivity index (χ2v) is 10.2. The van der Waals surface area contributed by atoms with Crippen LogP contribution in [0.3, 0.4) is 0 Å². The van der Waals surface area contributed by atoms with Crippen LogP contribution in [0.4, 0.5) is 5.82 Å². The number of hydrogen-bond acceptors (Lipinski definition) is 6. The van der Waals surface area contributed by atoms with Gasteiger partial charge >= 0.3 is 5.69 Å². The van der Waals surface area contributed by atoms with Gasteiger partial charge < -0.3 is 14.5 Å². The highest BCUT2D eigenvalue weighted by atomic mass is 16.5. The monoisotopic (exact) mass is 496 g/mol. The van der Waals surface area contributed by atoms with Crippen LogP contribution >= 0.6 is 0 Å². The van der Waals surface area contributed by atoms with E-state index < -0.39 is 0 Å². The van der Waals surface area contributed by atoms with Gasteiger partial charge in [0.15, 0.2) is 0 Å². The number of nitrogens with zero attached hydrogens (tertiary/aromatic N) is 5. The number of carbonyl (C=O) groups is 1. The summed E-state index contributed by atoms with van der Waals surface area (Å²) in [5, 5.41) is 9.25. The van der Waals surface area contributed by atoms with E-state index in [4.69, 9.17) is 4.74 Å². The fraction of sp³-hybridized carbons (Fsp3) is 0.357. The van der Waals surface area contributed by atoms with Gasteiger partial charge in [-0.05, 0) is 60.7 Å². The van der Waals surface area contributed by atoms with Crippen molar-refractivity contribution in [3.8, 4) is 16.9 Å². The van der Waals surface area contributed by atoms with E-state index in [-0.39, 0.29) is 23.7 Å². The normalized spacial score (nSPS) is 19.3. The molecule has 9 heteroatoms. The van der Waals surface area contributed by atoms with Crippen LogP contribution in [-0.2, 0) is 4.79 Å². The first-order valence-corrected chi connectivity index (χ1v) is 12.9. The molecule has 37 heavy (non-hydrogen) atoms. The van der Waals surface area contributed by atoms with Gasteiger partial charge in [-0.25, -0.2) is 4.79 Å². The number of fused-ring (bicyclic) bond motifs is 3. The maximum absolute atomic E-state index is 13.5. The Kier molecular flexibility index (Phi) is 4.89. The Labute approximate surface area is 213 Å². The van der Waals surface area contributed by atoms with Crippen molar-refractivity contribution in [2.75, 3.05) is 31.1 Å². The number of anilines is 1. The summed E-state index contributed by atoms with van der Waals surface area (Å²) >= 11 is 0. The second-order valence-electron chi connectivity index (χ2n) is 10.2. The molecule has 7 rings (SSSR count). The lowest BCUT2D eigenvalue weighted by atomic mass is 9.95. The molecule has 1 unspecified atom stereocenters. The van der Waals surface area contributed by atoms with Crippen LogP contribution < -0.4 is 15.3 Å². The molecule has 2 aromatic carbocycles. The first-order valence-electron chi connectivity index (χ1n) is 12.9. The van der Waals surface area contributed by atoms with Gasteiger partial charge in [-0.1, -0.05) is 12.6 Å². The Morgan fingerprint density at radius 2 is 2.05 bits per heavy atom. The molecule has 1 saturated carbocycles. The summed E-state index contributed by atoms with van der Waals surface area (Å²) in [7, 11) is 0. The van der Waals surface area contributed by atoms with Crippen molar-refractivity contribution in [3.05, 3.63) is 59.2 Å². The molecule has 1 N–H and O–H groups in total. The van der Waals surface area contributed by atoms with Crippen molar-refractivity contribution in [3.63, 3.8) is 0 Å². The zero-order valence-electron chi connectivity index (χ0n) is 20.7. The quantitative estimate of drug-likeness (QED) is 0.436. The minimum atomic E-state index is -0.227. The van der Waals surface area contributed by atoms with Crippen molar-refractivity contribution in [2.24, 2.45) is 0 Å². The van der Waals surface area contributed by atoms with E-state index in [0.717, 1.165) is 63.5 Å². The number of rotatable bonds is 3. The molecule has 3 aliphatic rings. The third kappa shape index (κ3) is 3.44. The van der Waals surface area contributed by atoms with Crippen LogP contribution in [0.15, 0.2) is 47.9 Å². The van der Waals surface area contributed by atoms with E-state index in [1.54, 1.807) is 0 Å². The van der Waals surface area contributed by atoms with E-state index in [1.165, 1.54) is 6.08 Å². The number of nitrogens with one attached hydrogen (secondary N) is 1. The molecule has 2 aromatic heterocycles. The van der Waals surface area contributed by atoms with E-state index in [9.17, 15) is 9.59 Å². The molecule has 1 atom stereocenters. The maximum Gasteiger partial charge on any atom is 0.350 e. The zero-order valence-corrected chi connectivity index (χ0v) is 20.7. The van der Waals surface area contributed by atoms with E-state index in [2.05, 4.69) is 51.8 Å². The van der Waals surface area contributed by atoms with Gasteiger partial charge in [-0.15, -0.1) is 0 Å². The number of carbonyl (C=O) groups excluding carboxylic acids is 1. The molecule has 188 valence electrons. The number of piperazine rings is 1. The molecular weight excluding hydrogens is 468 g/mol. The minimum Gasteiger partial charge on any atom is -0.493 e. The van der Waals surface area contributed by atoms with Gasteiger partial charge in [0.25, 0.3) is 0 Å². The molecule has 1 aliphatic carbocycles. The predicted octanol–water partition coefficient (Wildman–Crippen LogP) is 3.57. The first kappa shape index (κ1) is 22.1. The SMILES string of the molecule is C=CC(=O)N1CCN2c3nc(=O)n(C4CC4)c4cc(-c5c(C)ccc6[nH]ncc56)cc(c34)OCCC2C1. The van der Waals surface area contributed by atoms with Gasteiger partial charge in [0, 0.05) is 37.5 Å². The van der Waals surface area contributed by atoms with Crippen molar-refractivity contribution < 1.29 is 9.53 Å².